The van der Waals surface area contributed by atoms with Crippen LogP contribution in [0.4, 0.5) is 0 Å². The number of rotatable bonds is 4. The van der Waals surface area contributed by atoms with Gasteiger partial charge in [0.1, 0.15) is 11.2 Å². The minimum Gasteiger partial charge on any atom is -0.456 e. The average molecular weight is 786 g/mol. The molecule has 0 spiro atoms. The number of benzene rings is 9. The van der Waals surface area contributed by atoms with Gasteiger partial charge in [0.05, 0.1) is 22.8 Å². The van der Waals surface area contributed by atoms with Crippen molar-refractivity contribution in [3.63, 3.8) is 0 Å². The van der Waals surface area contributed by atoms with Crippen LogP contribution in [0.1, 0.15) is 35.6 Å². The van der Waals surface area contributed by atoms with Gasteiger partial charge in [-0.2, -0.15) is 0 Å². The largest absolute Gasteiger partial charge is 0.456 e. The van der Waals surface area contributed by atoms with Gasteiger partial charge in [0, 0.05) is 58.5 Å². The topological polar surface area (TPSA) is 42.8 Å². The van der Waals surface area contributed by atoms with E-state index in [2.05, 4.69) is 187 Å². The van der Waals surface area contributed by atoms with Gasteiger partial charge < -0.3 is 8.98 Å². The summed E-state index contributed by atoms with van der Waals surface area (Å²) in [4.78, 5) is 11.3. The number of amidine groups is 1. The lowest BCUT2D eigenvalue weighted by Crippen LogP contribution is -2.05. The van der Waals surface area contributed by atoms with Gasteiger partial charge >= 0.3 is 0 Å². The number of thiophene rings is 1. The van der Waals surface area contributed by atoms with E-state index >= 15 is 0 Å². The normalized spacial score (nSPS) is 14.9. The quantitative estimate of drug-likeness (QED) is 0.175. The van der Waals surface area contributed by atoms with E-state index < -0.39 is 0 Å². The second-order valence-corrected chi connectivity index (χ2v) is 17.1. The molecule has 0 amide bonds. The second-order valence-electron chi connectivity index (χ2n) is 16.0. The summed E-state index contributed by atoms with van der Waals surface area (Å²) in [6.45, 7) is 0. The van der Waals surface area contributed by atoms with Gasteiger partial charge in [0.25, 0.3) is 0 Å². The molecule has 9 aromatic carbocycles. The molecule has 1 unspecified atom stereocenters. The summed E-state index contributed by atoms with van der Waals surface area (Å²) in [6.07, 6.45) is 1.52. The molecule has 0 radical (unpaired) electrons. The first-order valence-electron chi connectivity index (χ1n) is 20.6. The van der Waals surface area contributed by atoms with Crippen LogP contribution in [0.2, 0.25) is 0 Å². The predicted molar refractivity (Wildman–Crippen MR) is 254 cm³/mol. The maximum Gasteiger partial charge on any atom is 0.156 e. The average Bonchev–Trinajstić information content (AvgIpc) is 3.91. The third-order valence-corrected chi connectivity index (χ3v) is 13.7. The number of aliphatic imine (C=N–C) groups is 2. The van der Waals surface area contributed by atoms with Crippen molar-refractivity contribution in [2.45, 2.75) is 18.9 Å². The van der Waals surface area contributed by atoms with E-state index in [1.165, 1.54) is 58.1 Å². The van der Waals surface area contributed by atoms with Crippen molar-refractivity contribution in [3.05, 3.63) is 199 Å². The molecule has 4 nitrogen and oxygen atoms in total. The molecule has 1 aliphatic rings. The van der Waals surface area contributed by atoms with E-state index in [9.17, 15) is 0 Å². The summed E-state index contributed by atoms with van der Waals surface area (Å²) in [5.74, 6) is 0.748. The zero-order chi connectivity index (χ0) is 39.3. The Labute approximate surface area is 349 Å². The molecule has 0 N–H and O–H groups in total. The first kappa shape index (κ1) is 33.6. The number of nitrogens with zero attached hydrogens (tertiary/aromatic N) is 3. The van der Waals surface area contributed by atoms with E-state index in [0.717, 1.165) is 74.1 Å². The molecule has 1 aliphatic heterocycles. The summed E-state index contributed by atoms with van der Waals surface area (Å²) in [7, 11) is 0. The Morgan fingerprint density at radius 3 is 2.13 bits per heavy atom. The van der Waals surface area contributed by atoms with Gasteiger partial charge in [-0.25, -0.2) is 4.99 Å². The van der Waals surface area contributed by atoms with Crippen molar-refractivity contribution in [1.82, 2.24) is 4.57 Å². The molecule has 0 bridgehead atoms. The Kier molecular flexibility index (Phi) is 7.33. The lowest BCUT2D eigenvalue weighted by Gasteiger charge is -2.16. The molecule has 0 saturated heterocycles. The molecular weight excluding hydrogens is 751 g/mol. The maximum absolute atomic E-state index is 6.87. The summed E-state index contributed by atoms with van der Waals surface area (Å²) in [5, 5.41) is 12.0. The van der Waals surface area contributed by atoms with Gasteiger partial charge in [0.2, 0.25) is 0 Å². The fourth-order valence-corrected chi connectivity index (χ4v) is 10.8. The van der Waals surface area contributed by atoms with E-state index in [-0.39, 0.29) is 6.04 Å². The van der Waals surface area contributed by atoms with Gasteiger partial charge in [0.15, 0.2) is 5.84 Å². The van der Waals surface area contributed by atoms with E-state index in [0.29, 0.717) is 0 Å². The Morgan fingerprint density at radius 1 is 0.517 bits per heavy atom. The van der Waals surface area contributed by atoms with Crippen LogP contribution in [0.3, 0.4) is 0 Å². The second kappa shape index (κ2) is 13.1. The highest BCUT2D eigenvalue weighted by Crippen LogP contribution is 2.43. The summed E-state index contributed by atoms with van der Waals surface area (Å²) in [6, 6.07) is 65.6. The van der Waals surface area contributed by atoms with Crippen LogP contribution in [-0.4, -0.2) is 16.1 Å². The molecule has 60 heavy (non-hydrogen) atoms. The Morgan fingerprint density at radius 2 is 1.23 bits per heavy atom. The molecule has 0 saturated carbocycles. The Balaban J connectivity index is 1.05. The first-order valence-corrected chi connectivity index (χ1v) is 21.5. The van der Waals surface area contributed by atoms with Crippen LogP contribution in [0.25, 0.3) is 91.1 Å². The molecule has 13 rings (SSSR count). The molecule has 12 aromatic rings. The van der Waals surface area contributed by atoms with Crippen molar-refractivity contribution >= 4 is 108 Å². The molecule has 1 atom stereocenters. The van der Waals surface area contributed by atoms with Gasteiger partial charge in [-0.1, -0.05) is 127 Å². The lowest BCUT2D eigenvalue weighted by atomic mass is 9.95. The highest BCUT2D eigenvalue weighted by molar-refractivity contribution is 7.25. The van der Waals surface area contributed by atoms with E-state index in [1.807, 2.05) is 11.3 Å². The minimum atomic E-state index is -0.233. The number of para-hydroxylation sites is 2. The predicted octanol–water partition coefficient (Wildman–Crippen LogP) is 15.1. The van der Waals surface area contributed by atoms with Crippen molar-refractivity contribution < 1.29 is 4.42 Å². The fraction of sp³-hybridized carbons (Fsp3) is 0.0545. The lowest BCUT2D eigenvalue weighted by molar-refractivity contribution is 0.632. The molecule has 282 valence electrons. The van der Waals surface area contributed by atoms with Crippen LogP contribution in [-0.2, 0) is 0 Å². The SMILES string of the molecule is c1ccc2cc3c(cc2c1)c1ccccc1n3-c1cc(C2CCC(c3ccc4sc5ccccc5c4c3)=NC(c3cccc4ccccc34)=N2)c2oc3ccccc3c2c1. The molecule has 0 aliphatic carbocycles. The van der Waals surface area contributed by atoms with Crippen molar-refractivity contribution in [2.75, 3.05) is 0 Å². The van der Waals surface area contributed by atoms with Gasteiger partial charge in [-0.3, -0.25) is 4.99 Å². The van der Waals surface area contributed by atoms with Gasteiger partial charge in [-0.05, 0) is 94.5 Å². The number of fused-ring (bicyclic) bond motifs is 11. The van der Waals surface area contributed by atoms with Crippen LogP contribution in [0, 0.1) is 0 Å². The molecule has 3 aromatic heterocycles. The smallest absolute Gasteiger partial charge is 0.156 e. The minimum absolute atomic E-state index is 0.233. The maximum atomic E-state index is 6.87. The monoisotopic (exact) mass is 785 g/mol. The third kappa shape index (κ3) is 5.16. The highest BCUT2D eigenvalue weighted by Gasteiger charge is 2.26. The zero-order valence-electron chi connectivity index (χ0n) is 32.5. The first-order chi connectivity index (χ1) is 29.7. The fourth-order valence-electron chi connectivity index (χ4n) is 9.74. The van der Waals surface area contributed by atoms with Crippen LogP contribution < -0.4 is 0 Å². The summed E-state index contributed by atoms with van der Waals surface area (Å²) in [5.41, 5.74) is 9.48. The van der Waals surface area contributed by atoms with Crippen molar-refractivity contribution in [1.29, 1.82) is 0 Å². The van der Waals surface area contributed by atoms with Crippen LogP contribution in [0.15, 0.2) is 196 Å². The molecule has 5 heteroatoms. The number of hydrogen-bond acceptors (Lipinski definition) is 4. The van der Waals surface area contributed by atoms with E-state index in [1.54, 1.807) is 0 Å². The van der Waals surface area contributed by atoms with Crippen LogP contribution >= 0.6 is 11.3 Å². The molecule has 4 heterocycles. The van der Waals surface area contributed by atoms with Crippen molar-refractivity contribution in [2.24, 2.45) is 9.98 Å². The zero-order valence-corrected chi connectivity index (χ0v) is 33.3. The van der Waals surface area contributed by atoms with Crippen molar-refractivity contribution in [3.8, 4) is 5.69 Å². The van der Waals surface area contributed by atoms with Crippen LogP contribution in [0.5, 0.6) is 0 Å². The summed E-state index contributed by atoms with van der Waals surface area (Å²) < 4.78 is 11.9. The molecule has 0 fully saturated rings. The van der Waals surface area contributed by atoms with Gasteiger partial charge in [-0.15, -0.1) is 11.3 Å². The third-order valence-electron chi connectivity index (χ3n) is 12.6. The van der Waals surface area contributed by atoms with E-state index in [4.69, 9.17) is 14.4 Å². The Bertz CT molecular complexity index is 3800. The Hall–Kier alpha value is -7.34. The number of aromatic nitrogens is 1. The summed E-state index contributed by atoms with van der Waals surface area (Å²) >= 11 is 1.85. The standard InChI is InChI=1S/C55H35N3OS/c1-2-14-35-30-50-43(28-34(35)13-1)39-17-5-8-21-49(39)58(50)37-31-45-40-18-6-9-22-51(40)59-54(45)46(32-37)48-26-25-47(36-24-27-53-44(29-36)41-19-7-10-23-52(41)60-53)56-55(57-48)42-20-11-15-33-12-3-4-16-38(33)42/h1-24,27-32,48H,25-26H2. The highest BCUT2D eigenvalue weighted by atomic mass is 32.1. The number of furan rings is 1. The molecular formula is C55H35N3OS. The number of hydrogen-bond donors (Lipinski definition) is 0.